The highest BCUT2D eigenvalue weighted by Gasteiger charge is 2.23. The fourth-order valence-electron chi connectivity index (χ4n) is 4.74. The summed E-state index contributed by atoms with van der Waals surface area (Å²) in [7, 11) is 0. The number of hydrogen-bond acceptors (Lipinski definition) is 7. The van der Waals surface area contributed by atoms with E-state index in [9.17, 15) is 19.7 Å². The van der Waals surface area contributed by atoms with Gasteiger partial charge in [0.2, 0.25) is 0 Å². The Bertz CT molecular complexity index is 1480. The molecule has 4 aromatic rings. The number of benzene rings is 3. The standard InChI is InChI=1S/C27H24N2O6/c30-25-16-20(26-21-8-4-3-7-18(21)10-12-24(26)35-25)17-34-27(31)19-9-11-22(23(15-19)29(32)33)28-13-5-1-2-6-14-28/h3-4,7-12,15-16H,1-2,5-6,13-14,17H2. The first-order valence-electron chi connectivity index (χ1n) is 11.7. The van der Waals surface area contributed by atoms with Crippen molar-refractivity contribution in [3.63, 3.8) is 0 Å². The molecular formula is C27H24N2O6. The van der Waals surface area contributed by atoms with Gasteiger partial charge < -0.3 is 14.1 Å². The van der Waals surface area contributed by atoms with Gasteiger partial charge in [0.05, 0.1) is 10.5 Å². The lowest BCUT2D eigenvalue weighted by Gasteiger charge is -2.22. The van der Waals surface area contributed by atoms with Crippen molar-refractivity contribution in [2.75, 3.05) is 18.0 Å². The van der Waals surface area contributed by atoms with Gasteiger partial charge in [-0.2, -0.15) is 0 Å². The second-order valence-corrected chi connectivity index (χ2v) is 8.69. The van der Waals surface area contributed by atoms with Crippen LogP contribution in [-0.4, -0.2) is 24.0 Å². The molecule has 0 saturated carbocycles. The monoisotopic (exact) mass is 472 g/mol. The Morgan fingerprint density at radius 3 is 2.54 bits per heavy atom. The van der Waals surface area contributed by atoms with Crippen LogP contribution in [0.4, 0.5) is 11.4 Å². The highest BCUT2D eigenvalue weighted by Crippen LogP contribution is 2.32. The topological polar surface area (TPSA) is 103 Å². The summed E-state index contributed by atoms with van der Waals surface area (Å²) in [6, 6.07) is 17.0. The number of nitro benzene ring substituents is 1. The summed E-state index contributed by atoms with van der Waals surface area (Å²) in [6.07, 6.45) is 4.18. The summed E-state index contributed by atoms with van der Waals surface area (Å²) >= 11 is 0. The van der Waals surface area contributed by atoms with E-state index in [-0.39, 0.29) is 17.9 Å². The first-order chi connectivity index (χ1) is 17.0. The highest BCUT2D eigenvalue weighted by molar-refractivity contribution is 6.07. The molecule has 1 saturated heterocycles. The van der Waals surface area contributed by atoms with Gasteiger partial charge in [-0.3, -0.25) is 10.1 Å². The van der Waals surface area contributed by atoms with E-state index in [4.69, 9.17) is 9.15 Å². The third kappa shape index (κ3) is 4.59. The van der Waals surface area contributed by atoms with Crippen molar-refractivity contribution >= 4 is 39.1 Å². The lowest BCUT2D eigenvalue weighted by atomic mass is 10.0. The molecule has 1 aliphatic rings. The second kappa shape index (κ2) is 9.58. The van der Waals surface area contributed by atoms with Gasteiger partial charge in [-0.05, 0) is 41.8 Å². The van der Waals surface area contributed by atoms with Gasteiger partial charge in [0.25, 0.3) is 5.69 Å². The fourth-order valence-corrected chi connectivity index (χ4v) is 4.74. The number of hydrogen-bond donors (Lipinski definition) is 0. The molecule has 1 aromatic heterocycles. The SMILES string of the molecule is O=C(OCc1cc(=O)oc2ccc3ccccc3c12)c1ccc(N2CCCCCC2)c([N+](=O)[O-])c1. The Kier molecular flexibility index (Phi) is 6.18. The molecule has 0 N–H and O–H groups in total. The average Bonchev–Trinajstić information content (AvgIpc) is 3.16. The second-order valence-electron chi connectivity index (χ2n) is 8.69. The molecule has 0 amide bonds. The number of carbonyl (C=O) groups is 1. The molecule has 0 atom stereocenters. The number of fused-ring (bicyclic) bond motifs is 3. The van der Waals surface area contributed by atoms with Crippen molar-refractivity contribution in [1.29, 1.82) is 0 Å². The van der Waals surface area contributed by atoms with E-state index in [1.807, 2.05) is 35.2 Å². The van der Waals surface area contributed by atoms with Crippen molar-refractivity contribution < 1.29 is 18.9 Å². The minimum absolute atomic E-state index is 0.0902. The first-order valence-corrected chi connectivity index (χ1v) is 11.7. The smallest absolute Gasteiger partial charge is 0.338 e. The van der Waals surface area contributed by atoms with Crippen molar-refractivity contribution in [1.82, 2.24) is 0 Å². The molecular weight excluding hydrogens is 448 g/mol. The van der Waals surface area contributed by atoms with Crippen LogP contribution in [0, 0.1) is 10.1 Å². The number of rotatable bonds is 5. The van der Waals surface area contributed by atoms with E-state index in [1.165, 1.54) is 12.1 Å². The first kappa shape index (κ1) is 22.6. The summed E-state index contributed by atoms with van der Waals surface area (Å²) in [6.45, 7) is 1.33. The molecule has 1 fully saturated rings. The Balaban J connectivity index is 1.44. The molecule has 8 nitrogen and oxygen atoms in total. The van der Waals surface area contributed by atoms with Crippen molar-refractivity contribution in [3.8, 4) is 0 Å². The fraction of sp³-hybridized carbons (Fsp3) is 0.259. The maximum absolute atomic E-state index is 12.9. The molecule has 5 rings (SSSR count). The number of carbonyl (C=O) groups excluding carboxylic acids is 1. The van der Waals surface area contributed by atoms with E-state index in [0.29, 0.717) is 22.2 Å². The Morgan fingerprint density at radius 1 is 1.00 bits per heavy atom. The molecule has 0 unspecified atom stereocenters. The Labute approximate surface area is 200 Å². The van der Waals surface area contributed by atoms with Crippen LogP contribution < -0.4 is 10.5 Å². The van der Waals surface area contributed by atoms with Crippen LogP contribution in [0.15, 0.2) is 69.9 Å². The Hall–Kier alpha value is -4.20. The molecule has 0 bridgehead atoms. The van der Waals surface area contributed by atoms with Gasteiger partial charge in [-0.1, -0.05) is 43.2 Å². The molecule has 0 aliphatic carbocycles. The minimum atomic E-state index is -0.697. The average molecular weight is 472 g/mol. The summed E-state index contributed by atoms with van der Waals surface area (Å²) in [5.74, 6) is -0.697. The predicted molar refractivity (Wildman–Crippen MR) is 133 cm³/mol. The minimum Gasteiger partial charge on any atom is -0.457 e. The van der Waals surface area contributed by atoms with Crippen LogP contribution in [0.5, 0.6) is 0 Å². The quantitative estimate of drug-likeness (QED) is 0.123. The summed E-state index contributed by atoms with van der Waals surface area (Å²) < 4.78 is 10.9. The maximum atomic E-state index is 12.9. The molecule has 178 valence electrons. The van der Waals surface area contributed by atoms with E-state index in [2.05, 4.69) is 0 Å². The van der Waals surface area contributed by atoms with Gasteiger partial charge in [0, 0.05) is 36.2 Å². The zero-order chi connectivity index (χ0) is 24.4. The number of esters is 1. The zero-order valence-electron chi connectivity index (χ0n) is 19.1. The molecule has 0 radical (unpaired) electrons. The zero-order valence-corrected chi connectivity index (χ0v) is 19.1. The summed E-state index contributed by atoms with van der Waals surface area (Å²) in [5.41, 5.74) is 0.866. The molecule has 2 heterocycles. The van der Waals surface area contributed by atoms with Crippen molar-refractivity contribution in [2.24, 2.45) is 0 Å². The molecule has 3 aromatic carbocycles. The lowest BCUT2D eigenvalue weighted by molar-refractivity contribution is -0.384. The number of ether oxygens (including phenoxy) is 1. The van der Waals surface area contributed by atoms with Gasteiger partial charge in [-0.15, -0.1) is 0 Å². The predicted octanol–water partition coefficient (Wildman–Crippen LogP) is 5.59. The van der Waals surface area contributed by atoms with Gasteiger partial charge in [-0.25, -0.2) is 9.59 Å². The van der Waals surface area contributed by atoms with Crippen LogP contribution in [0.2, 0.25) is 0 Å². The molecule has 0 spiro atoms. The van der Waals surface area contributed by atoms with Crippen LogP contribution in [0.25, 0.3) is 21.7 Å². The summed E-state index contributed by atoms with van der Waals surface area (Å²) in [4.78, 5) is 38.3. The van der Waals surface area contributed by atoms with Crippen LogP contribution in [-0.2, 0) is 11.3 Å². The van der Waals surface area contributed by atoms with Crippen molar-refractivity contribution in [2.45, 2.75) is 32.3 Å². The van der Waals surface area contributed by atoms with Gasteiger partial charge in [0.15, 0.2) is 0 Å². The van der Waals surface area contributed by atoms with E-state index >= 15 is 0 Å². The van der Waals surface area contributed by atoms with Gasteiger partial charge in [0.1, 0.15) is 17.9 Å². The molecule has 1 aliphatic heterocycles. The van der Waals surface area contributed by atoms with E-state index in [0.717, 1.165) is 49.5 Å². The number of nitro groups is 1. The third-order valence-electron chi connectivity index (χ3n) is 6.43. The van der Waals surface area contributed by atoms with E-state index < -0.39 is 16.5 Å². The van der Waals surface area contributed by atoms with Crippen LogP contribution in [0.1, 0.15) is 41.6 Å². The van der Waals surface area contributed by atoms with Crippen LogP contribution >= 0.6 is 0 Å². The summed E-state index contributed by atoms with van der Waals surface area (Å²) in [5, 5.41) is 14.3. The maximum Gasteiger partial charge on any atom is 0.338 e. The lowest BCUT2D eigenvalue weighted by Crippen LogP contribution is -2.24. The molecule has 35 heavy (non-hydrogen) atoms. The number of anilines is 1. The Morgan fingerprint density at radius 2 is 1.77 bits per heavy atom. The highest BCUT2D eigenvalue weighted by atomic mass is 16.6. The van der Waals surface area contributed by atoms with E-state index in [1.54, 1.807) is 18.2 Å². The third-order valence-corrected chi connectivity index (χ3v) is 6.43. The van der Waals surface area contributed by atoms with Gasteiger partial charge >= 0.3 is 11.6 Å². The normalized spacial score (nSPS) is 14.1. The van der Waals surface area contributed by atoms with Crippen molar-refractivity contribution in [3.05, 3.63) is 92.3 Å². The largest absolute Gasteiger partial charge is 0.457 e. The number of nitrogens with zero attached hydrogens (tertiary/aromatic N) is 2. The van der Waals surface area contributed by atoms with Crippen LogP contribution in [0.3, 0.4) is 0 Å². The molecule has 8 heteroatoms.